The average Bonchev–Trinajstić information content (AvgIpc) is 3.28. The van der Waals surface area contributed by atoms with E-state index in [4.69, 9.17) is 4.42 Å². The Kier molecular flexibility index (Phi) is 5.09. The number of amides is 1. The van der Waals surface area contributed by atoms with Gasteiger partial charge in [0.1, 0.15) is 5.69 Å². The normalized spacial score (nSPS) is 14.9. The Hall–Kier alpha value is -3.22. The van der Waals surface area contributed by atoms with Crippen LogP contribution < -0.4 is 10.2 Å². The lowest BCUT2D eigenvalue weighted by molar-refractivity contribution is -0.125. The number of anilines is 1. The van der Waals surface area contributed by atoms with Crippen molar-refractivity contribution < 1.29 is 9.21 Å². The number of nitrogens with zero attached hydrogens (tertiary/aromatic N) is 4. The second-order valence-electron chi connectivity index (χ2n) is 6.59. The number of carbonyl (C=O) groups is 1. The summed E-state index contributed by atoms with van der Waals surface area (Å²) in [6, 6.07) is 11.4. The maximum Gasteiger partial charge on any atom is 0.223 e. The number of hydrogen-bond acceptors (Lipinski definition) is 6. The fourth-order valence-corrected chi connectivity index (χ4v) is 3.26. The zero-order chi connectivity index (χ0) is 18.5. The van der Waals surface area contributed by atoms with Gasteiger partial charge in [0.05, 0.1) is 6.26 Å². The van der Waals surface area contributed by atoms with Gasteiger partial charge in [0.15, 0.2) is 11.6 Å². The molecule has 1 fully saturated rings. The molecule has 7 nitrogen and oxygen atoms in total. The first kappa shape index (κ1) is 17.2. The van der Waals surface area contributed by atoms with Gasteiger partial charge < -0.3 is 14.6 Å². The molecule has 4 heterocycles. The predicted molar refractivity (Wildman–Crippen MR) is 101 cm³/mol. The second kappa shape index (κ2) is 7.99. The van der Waals surface area contributed by atoms with Crippen LogP contribution in [0.3, 0.4) is 0 Å². The Morgan fingerprint density at radius 3 is 2.70 bits per heavy atom. The third-order valence-electron chi connectivity index (χ3n) is 4.80. The monoisotopic (exact) mass is 363 g/mol. The number of rotatable bonds is 5. The minimum atomic E-state index is 0.0354. The summed E-state index contributed by atoms with van der Waals surface area (Å²) in [4.78, 5) is 18.6. The van der Waals surface area contributed by atoms with Gasteiger partial charge >= 0.3 is 0 Å². The molecule has 0 unspecified atom stereocenters. The van der Waals surface area contributed by atoms with E-state index in [1.54, 1.807) is 18.7 Å². The molecule has 0 aliphatic carbocycles. The molecule has 0 spiro atoms. The van der Waals surface area contributed by atoms with E-state index in [1.165, 1.54) is 0 Å². The smallest absolute Gasteiger partial charge is 0.223 e. The van der Waals surface area contributed by atoms with E-state index in [-0.39, 0.29) is 11.8 Å². The van der Waals surface area contributed by atoms with E-state index in [9.17, 15) is 4.79 Å². The summed E-state index contributed by atoms with van der Waals surface area (Å²) in [6.45, 7) is 2.10. The van der Waals surface area contributed by atoms with Crippen LogP contribution in [-0.2, 0) is 11.3 Å². The highest BCUT2D eigenvalue weighted by Gasteiger charge is 2.25. The summed E-state index contributed by atoms with van der Waals surface area (Å²) in [7, 11) is 0. The first-order chi connectivity index (χ1) is 13.3. The Labute approximate surface area is 157 Å². The van der Waals surface area contributed by atoms with Crippen molar-refractivity contribution in [3.63, 3.8) is 0 Å². The molecule has 7 heteroatoms. The van der Waals surface area contributed by atoms with E-state index in [0.29, 0.717) is 18.0 Å². The Bertz CT molecular complexity index is 857. The summed E-state index contributed by atoms with van der Waals surface area (Å²) < 4.78 is 5.34. The van der Waals surface area contributed by atoms with E-state index in [2.05, 4.69) is 25.4 Å². The highest BCUT2D eigenvalue weighted by molar-refractivity contribution is 5.79. The lowest BCUT2D eigenvalue weighted by atomic mass is 9.96. The van der Waals surface area contributed by atoms with Crippen molar-refractivity contribution in [1.29, 1.82) is 0 Å². The Morgan fingerprint density at radius 1 is 1.15 bits per heavy atom. The molecule has 0 radical (unpaired) electrons. The number of hydrogen-bond donors (Lipinski definition) is 1. The quantitative estimate of drug-likeness (QED) is 0.750. The molecule has 4 rings (SSSR count). The number of carbonyl (C=O) groups excluding carboxylic acids is 1. The first-order valence-corrected chi connectivity index (χ1v) is 9.09. The molecular formula is C20H21N5O2. The van der Waals surface area contributed by atoms with E-state index in [1.807, 2.05) is 36.4 Å². The Morgan fingerprint density at radius 2 is 2.04 bits per heavy atom. The second-order valence-corrected chi connectivity index (χ2v) is 6.59. The molecule has 3 aromatic heterocycles. The van der Waals surface area contributed by atoms with Gasteiger partial charge in [-0.15, -0.1) is 10.2 Å². The molecular weight excluding hydrogens is 342 g/mol. The number of furan rings is 1. The van der Waals surface area contributed by atoms with Crippen LogP contribution in [0.4, 0.5) is 5.82 Å². The van der Waals surface area contributed by atoms with Crippen LogP contribution in [0.2, 0.25) is 0 Å². The number of nitrogens with one attached hydrogen (secondary N) is 1. The van der Waals surface area contributed by atoms with Crippen LogP contribution in [-0.4, -0.2) is 34.2 Å². The molecule has 138 valence electrons. The lowest BCUT2D eigenvalue weighted by Gasteiger charge is -2.31. The van der Waals surface area contributed by atoms with Crippen molar-refractivity contribution in [2.24, 2.45) is 5.92 Å². The fourth-order valence-electron chi connectivity index (χ4n) is 3.26. The van der Waals surface area contributed by atoms with E-state index < -0.39 is 0 Å². The van der Waals surface area contributed by atoms with Gasteiger partial charge in [0, 0.05) is 37.9 Å². The predicted octanol–water partition coefficient (Wildman–Crippen LogP) is 2.66. The van der Waals surface area contributed by atoms with Crippen molar-refractivity contribution in [3.05, 3.63) is 60.6 Å². The van der Waals surface area contributed by atoms with E-state index in [0.717, 1.165) is 37.3 Å². The summed E-state index contributed by atoms with van der Waals surface area (Å²) in [6.07, 6.45) is 6.73. The van der Waals surface area contributed by atoms with Crippen molar-refractivity contribution >= 4 is 11.7 Å². The highest BCUT2D eigenvalue weighted by atomic mass is 16.3. The van der Waals surface area contributed by atoms with Gasteiger partial charge in [0.2, 0.25) is 5.91 Å². The van der Waals surface area contributed by atoms with Gasteiger partial charge in [0.25, 0.3) is 0 Å². The summed E-state index contributed by atoms with van der Waals surface area (Å²) >= 11 is 0. The van der Waals surface area contributed by atoms with Crippen LogP contribution in [0.5, 0.6) is 0 Å². The minimum Gasteiger partial charge on any atom is -0.463 e. The summed E-state index contributed by atoms with van der Waals surface area (Å²) in [5.41, 5.74) is 1.73. The zero-order valence-electron chi connectivity index (χ0n) is 14.9. The maximum absolute atomic E-state index is 12.4. The molecule has 1 aliphatic heterocycles. The summed E-state index contributed by atoms with van der Waals surface area (Å²) in [5, 5.41) is 11.6. The molecule has 0 atom stereocenters. The van der Waals surface area contributed by atoms with Crippen LogP contribution in [0.1, 0.15) is 18.4 Å². The average molecular weight is 363 g/mol. The Balaban J connectivity index is 1.29. The van der Waals surface area contributed by atoms with Gasteiger partial charge in [-0.1, -0.05) is 6.07 Å². The maximum atomic E-state index is 12.4. The van der Waals surface area contributed by atoms with Crippen molar-refractivity contribution in [3.8, 4) is 11.5 Å². The van der Waals surface area contributed by atoms with Gasteiger partial charge in [-0.3, -0.25) is 9.78 Å². The molecule has 0 aromatic carbocycles. The number of aromatic nitrogens is 3. The molecule has 0 bridgehead atoms. The fraction of sp³-hybridized carbons (Fsp3) is 0.300. The van der Waals surface area contributed by atoms with Crippen LogP contribution in [0, 0.1) is 5.92 Å². The van der Waals surface area contributed by atoms with Crippen molar-refractivity contribution in [2.75, 3.05) is 18.0 Å². The van der Waals surface area contributed by atoms with Gasteiger partial charge in [-0.2, -0.15) is 0 Å². The molecule has 3 aromatic rings. The SMILES string of the molecule is O=C(NCc1cccnc1)C1CCN(c2ccc(-c3ccco3)nn2)CC1. The highest BCUT2D eigenvalue weighted by Crippen LogP contribution is 2.23. The third-order valence-corrected chi connectivity index (χ3v) is 4.80. The molecule has 1 amide bonds. The number of piperidine rings is 1. The van der Waals surface area contributed by atoms with Crippen LogP contribution in [0.15, 0.2) is 59.5 Å². The molecule has 1 N–H and O–H groups in total. The van der Waals surface area contributed by atoms with Crippen LogP contribution >= 0.6 is 0 Å². The van der Waals surface area contributed by atoms with E-state index >= 15 is 0 Å². The van der Waals surface area contributed by atoms with Gasteiger partial charge in [-0.05, 0) is 48.7 Å². The third kappa shape index (κ3) is 4.13. The van der Waals surface area contributed by atoms with Gasteiger partial charge in [-0.25, -0.2) is 0 Å². The molecule has 1 saturated heterocycles. The topological polar surface area (TPSA) is 84.2 Å². The largest absolute Gasteiger partial charge is 0.463 e. The molecule has 0 saturated carbocycles. The van der Waals surface area contributed by atoms with Crippen molar-refractivity contribution in [1.82, 2.24) is 20.5 Å². The molecule has 27 heavy (non-hydrogen) atoms. The van der Waals surface area contributed by atoms with Crippen LogP contribution in [0.25, 0.3) is 11.5 Å². The zero-order valence-corrected chi connectivity index (χ0v) is 14.9. The molecule has 1 aliphatic rings. The summed E-state index contributed by atoms with van der Waals surface area (Å²) in [5.74, 6) is 1.68. The standard InChI is InChI=1S/C20H21N5O2/c26-20(22-14-15-3-1-9-21-13-15)16-7-10-25(11-8-16)19-6-5-17(23-24-19)18-4-2-12-27-18/h1-6,9,12-13,16H,7-8,10-11,14H2,(H,22,26). The first-order valence-electron chi connectivity index (χ1n) is 9.09. The number of pyridine rings is 1. The minimum absolute atomic E-state index is 0.0354. The van der Waals surface area contributed by atoms with Crippen molar-refractivity contribution in [2.45, 2.75) is 19.4 Å². The lowest BCUT2D eigenvalue weighted by Crippen LogP contribution is -2.40.